The van der Waals surface area contributed by atoms with Crippen molar-refractivity contribution in [3.05, 3.63) is 0 Å². The SMILES string of the molecule is CC(=O)OCC(C)OCC(C)OCC(C)OCC(C)OCC(C)OCC(C)OCC(COC(C)=O)OC(C)=O. The van der Waals surface area contributed by atoms with Crippen LogP contribution in [0.2, 0.25) is 0 Å². The molecule has 0 saturated carbocycles. The predicted octanol–water partition coefficient (Wildman–Crippen LogP) is 2.47. The fourth-order valence-corrected chi connectivity index (χ4v) is 2.86. The van der Waals surface area contributed by atoms with E-state index in [4.69, 9.17) is 42.6 Å². The van der Waals surface area contributed by atoms with E-state index < -0.39 is 18.0 Å². The van der Waals surface area contributed by atoms with Gasteiger partial charge in [-0.1, -0.05) is 0 Å². The second-order valence-corrected chi connectivity index (χ2v) is 9.70. The Morgan fingerprint density at radius 1 is 0.410 bits per heavy atom. The predicted molar refractivity (Wildman–Crippen MR) is 141 cm³/mol. The van der Waals surface area contributed by atoms with E-state index in [1.165, 1.54) is 20.8 Å². The third kappa shape index (κ3) is 23.7. The minimum absolute atomic E-state index is 0.0663. The molecular formula is C27H50O12. The number of hydrogen-bond donors (Lipinski definition) is 0. The van der Waals surface area contributed by atoms with E-state index in [1.54, 1.807) is 0 Å². The number of esters is 3. The number of ether oxygens (including phenoxy) is 9. The molecule has 0 bridgehead atoms. The van der Waals surface area contributed by atoms with E-state index in [0.717, 1.165) is 0 Å². The molecule has 12 nitrogen and oxygen atoms in total. The highest BCUT2D eigenvalue weighted by atomic mass is 16.6. The van der Waals surface area contributed by atoms with Gasteiger partial charge in [-0.15, -0.1) is 0 Å². The molecule has 0 saturated heterocycles. The molecular weight excluding hydrogens is 516 g/mol. The summed E-state index contributed by atoms with van der Waals surface area (Å²) in [4.78, 5) is 33.1. The van der Waals surface area contributed by atoms with Crippen LogP contribution in [0.1, 0.15) is 62.3 Å². The van der Waals surface area contributed by atoms with E-state index in [-0.39, 0.29) is 62.4 Å². The van der Waals surface area contributed by atoms with Gasteiger partial charge in [-0.05, 0) is 41.5 Å². The zero-order valence-electron chi connectivity index (χ0n) is 25.1. The van der Waals surface area contributed by atoms with Crippen LogP contribution in [0.4, 0.5) is 0 Å². The van der Waals surface area contributed by atoms with Crippen molar-refractivity contribution in [1.29, 1.82) is 0 Å². The van der Waals surface area contributed by atoms with E-state index in [1.807, 2.05) is 41.5 Å². The van der Waals surface area contributed by atoms with E-state index in [9.17, 15) is 14.4 Å². The summed E-state index contributed by atoms with van der Waals surface area (Å²) >= 11 is 0. The van der Waals surface area contributed by atoms with Gasteiger partial charge in [0.1, 0.15) is 13.2 Å². The minimum Gasteiger partial charge on any atom is -0.463 e. The fraction of sp³-hybridized carbons (Fsp3) is 0.889. The van der Waals surface area contributed by atoms with Gasteiger partial charge < -0.3 is 42.6 Å². The van der Waals surface area contributed by atoms with Crippen LogP contribution in [0.15, 0.2) is 0 Å². The largest absolute Gasteiger partial charge is 0.463 e. The third-order valence-electron chi connectivity index (χ3n) is 4.97. The van der Waals surface area contributed by atoms with Crippen LogP contribution in [0.5, 0.6) is 0 Å². The van der Waals surface area contributed by atoms with Crippen molar-refractivity contribution in [2.45, 2.75) is 105 Å². The Balaban J connectivity index is 4.02. The van der Waals surface area contributed by atoms with Crippen LogP contribution in [-0.4, -0.2) is 113 Å². The van der Waals surface area contributed by atoms with Crippen molar-refractivity contribution in [2.75, 3.05) is 52.9 Å². The topological polar surface area (TPSA) is 134 Å². The van der Waals surface area contributed by atoms with E-state index in [2.05, 4.69) is 0 Å². The average Bonchev–Trinajstić information content (AvgIpc) is 2.86. The lowest BCUT2D eigenvalue weighted by molar-refractivity contribution is -0.162. The molecule has 0 aromatic rings. The number of carbonyl (C=O) groups is 3. The summed E-state index contributed by atoms with van der Waals surface area (Å²) in [5, 5.41) is 0. The lowest BCUT2D eigenvalue weighted by Gasteiger charge is -2.23. The first-order valence-electron chi connectivity index (χ1n) is 13.4. The summed E-state index contributed by atoms with van der Waals surface area (Å²) in [5.41, 5.74) is 0. The summed E-state index contributed by atoms with van der Waals surface area (Å²) in [7, 11) is 0. The van der Waals surface area contributed by atoms with Crippen molar-refractivity contribution in [3.63, 3.8) is 0 Å². The van der Waals surface area contributed by atoms with Crippen molar-refractivity contribution < 1.29 is 57.0 Å². The quantitative estimate of drug-likeness (QED) is 0.133. The summed E-state index contributed by atoms with van der Waals surface area (Å²) in [5.74, 6) is -1.27. The second-order valence-electron chi connectivity index (χ2n) is 9.70. The average molecular weight is 567 g/mol. The zero-order chi connectivity index (χ0) is 29.8. The lowest BCUT2D eigenvalue weighted by Crippen LogP contribution is -2.32. The standard InChI is InChI=1S/C27H50O12/c1-18(10-31-19(2)11-33-21(4)13-35-23(6)15-37-24(7)28)32-12-20(3)34-14-22(5)36-16-27(39-26(9)30)17-38-25(8)29/h18-23,27H,10-17H2,1-9H3. The highest BCUT2D eigenvalue weighted by Gasteiger charge is 2.17. The maximum Gasteiger partial charge on any atom is 0.303 e. The smallest absolute Gasteiger partial charge is 0.303 e. The monoisotopic (exact) mass is 566 g/mol. The van der Waals surface area contributed by atoms with Gasteiger partial charge >= 0.3 is 17.9 Å². The number of hydrogen-bond acceptors (Lipinski definition) is 12. The summed E-state index contributed by atoms with van der Waals surface area (Å²) < 4.78 is 49.4. The van der Waals surface area contributed by atoms with Crippen LogP contribution in [0, 0.1) is 0 Å². The maximum atomic E-state index is 11.2. The van der Waals surface area contributed by atoms with Crippen molar-refractivity contribution in [2.24, 2.45) is 0 Å². The van der Waals surface area contributed by atoms with Gasteiger partial charge in [0.25, 0.3) is 0 Å². The van der Waals surface area contributed by atoms with Crippen LogP contribution in [-0.2, 0) is 57.0 Å². The van der Waals surface area contributed by atoms with Gasteiger partial charge in [0, 0.05) is 20.8 Å². The molecule has 0 aliphatic rings. The van der Waals surface area contributed by atoms with Crippen molar-refractivity contribution in [1.82, 2.24) is 0 Å². The Kier molecular flexibility index (Phi) is 20.9. The Morgan fingerprint density at radius 3 is 1.00 bits per heavy atom. The molecule has 0 fully saturated rings. The molecule has 7 unspecified atom stereocenters. The molecule has 0 amide bonds. The molecule has 12 heteroatoms. The van der Waals surface area contributed by atoms with Crippen LogP contribution in [0.25, 0.3) is 0 Å². The molecule has 0 N–H and O–H groups in total. The van der Waals surface area contributed by atoms with Gasteiger partial charge in [-0.3, -0.25) is 14.4 Å². The molecule has 0 aliphatic heterocycles. The molecule has 39 heavy (non-hydrogen) atoms. The highest BCUT2D eigenvalue weighted by Crippen LogP contribution is 2.05. The molecule has 0 radical (unpaired) electrons. The third-order valence-corrected chi connectivity index (χ3v) is 4.97. The summed E-state index contributed by atoms with van der Waals surface area (Å²) in [6, 6.07) is 0. The first-order valence-corrected chi connectivity index (χ1v) is 13.4. The Hall–Kier alpha value is -1.83. The second kappa shape index (κ2) is 21.9. The van der Waals surface area contributed by atoms with Crippen LogP contribution >= 0.6 is 0 Å². The number of rotatable bonds is 23. The molecule has 230 valence electrons. The van der Waals surface area contributed by atoms with E-state index in [0.29, 0.717) is 33.0 Å². The molecule has 0 aromatic heterocycles. The molecule has 0 heterocycles. The fourth-order valence-electron chi connectivity index (χ4n) is 2.86. The van der Waals surface area contributed by atoms with Crippen LogP contribution in [0.3, 0.4) is 0 Å². The van der Waals surface area contributed by atoms with Gasteiger partial charge in [0.05, 0.1) is 76.3 Å². The molecule has 0 rings (SSSR count). The van der Waals surface area contributed by atoms with Crippen molar-refractivity contribution in [3.8, 4) is 0 Å². The molecule has 0 aromatic carbocycles. The Labute approximate surface area is 233 Å². The lowest BCUT2D eigenvalue weighted by atomic mass is 10.3. The Bertz CT molecular complexity index is 673. The van der Waals surface area contributed by atoms with Gasteiger partial charge in [0.15, 0.2) is 6.10 Å². The molecule has 0 spiro atoms. The minimum atomic E-state index is -0.679. The Morgan fingerprint density at radius 2 is 0.692 bits per heavy atom. The molecule has 0 aliphatic carbocycles. The molecule has 7 atom stereocenters. The van der Waals surface area contributed by atoms with Gasteiger partial charge in [-0.2, -0.15) is 0 Å². The zero-order valence-corrected chi connectivity index (χ0v) is 25.1. The normalized spacial score (nSPS) is 16.8. The van der Waals surface area contributed by atoms with Gasteiger partial charge in [-0.25, -0.2) is 0 Å². The highest BCUT2D eigenvalue weighted by molar-refractivity contribution is 5.67. The maximum absolute atomic E-state index is 11.2. The van der Waals surface area contributed by atoms with Crippen LogP contribution < -0.4 is 0 Å². The van der Waals surface area contributed by atoms with Crippen molar-refractivity contribution >= 4 is 17.9 Å². The first kappa shape index (κ1) is 37.2. The van der Waals surface area contributed by atoms with Gasteiger partial charge in [0.2, 0.25) is 0 Å². The van der Waals surface area contributed by atoms with E-state index >= 15 is 0 Å². The first-order chi connectivity index (χ1) is 18.3. The summed E-state index contributed by atoms with van der Waals surface area (Å²) in [6.45, 7) is 17.4. The summed E-state index contributed by atoms with van der Waals surface area (Å²) in [6.07, 6.45) is -1.71. The number of carbonyl (C=O) groups excluding carboxylic acids is 3.